The number of imide groups is 2. The van der Waals surface area contributed by atoms with Gasteiger partial charge in [-0.3, -0.25) is 19.8 Å². The van der Waals surface area contributed by atoms with Crippen molar-refractivity contribution in [2.24, 2.45) is 11.3 Å². The van der Waals surface area contributed by atoms with Crippen LogP contribution in [-0.2, 0) is 9.59 Å². The maximum Gasteiger partial charge on any atom is 0.330 e. The molecule has 0 aromatic carbocycles. The molecule has 1 aliphatic heterocycles. The highest BCUT2D eigenvalue weighted by molar-refractivity contribution is 6.19. The van der Waals surface area contributed by atoms with Crippen LogP contribution in [0.5, 0.6) is 0 Å². The Morgan fingerprint density at radius 2 is 1.87 bits per heavy atom. The van der Waals surface area contributed by atoms with E-state index in [4.69, 9.17) is 0 Å². The molecule has 5 nitrogen and oxygen atoms in total. The summed E-state index contributed by atoms with van der Waals surface area (Å²) in [5, 5.41) is 2.21. The van der Waals surface area contributed by atoms with Crippen molar-refractivity contribution in [2.75, 3.05) is 7.05 Å². The lowest BCUT2D eigenvalue weighted by Crippen LogP contribution is -2.64. The van der Waals surface area contributed by atoms with Gasteiger partial charge in [-0.15, -0.1) is 0 Å². The van der Waals surface area contributed by atoms with Crippen LogP contribution < -0.4 is 5.32 Å². The lowest BCUT2D eigenvalue weighted by molar-refractivity contribution is -0.154. The molecule has 0 bridgehead atoms. The summed E-state index contributed by atoms with van der Waals surface area (Å²) in [6.45, 7) is 5.40. The zero-order valence-corrected chi connectivity index (χ0v) is 9.46. The summed E-state index contributed by atoms with van der Waals surface area (Å²) >= 11 is 0. The monoisotopic (exact) mass is 212 g/mol. The fraction of sp³-hybridized carbons (Fsp3) is 0.700. The molecule has 1 rings (SSSR count). The second-order valence-electron chi connectivity index (χ2n) is 4.10. The summed E-state index contributed by atoms with van der Waals surface area (Å²) in [5.74, 6) is -1.02. The fourth-order valence-corrected chi connectivity index (χ4v) is 2.01. The summed E-state index contributed by atoms with van der Waals surface area (Å²) in [6, 6.07) is -0.644. The Morgan fingerprint density at radius 3 is 2.27 bits per heavy atom. The first kappa shape index (κ1) is 11.7. The van der Waals surface area contributed by atoms with Crippen molar-refractivity contribution in [3.63, 3.8) is 0 Å². The van der Waals surface area contributed by atoms with Gasteiger partial charge in [0.2, 0.25) is 11.8 Å². The minimum absolute atomic E-state index is 0.134. The SMILES string of the molecule is CCC1(C(C)C)C(=O)NC(=O)N(C)C1=O. The predicted octanol–water partition coefficient (Wildman–Crippen LogP) is 0.747. The van der Waals surface area contributed by atoms with Gasteiger partial charge in [0, 0.05) is 7.05 Å². The zero-order chi connectivity index (χ0) is 11.8. The lowest BCUT2D eigenvalue weighted by Gasteiger charge is -2.39. The number of barbiturate groups is 1. The molecule has 0 radical (unpaired) electrons. The van der Waals surface area contributed by atoms with Crippen LogP contribution in [0.1, 0.15) is 27.2 Å². The topological polar surface area (TPSA) is 66.5 Å². The van der Waals surface area contributed by atoms with E-state index >= 15 is 0 Å². The number of hydrogen-bond acceptors (Lipinski definition) is 3. The van der Waals surface area contributed by atoms with Crippen molar-refractivity contribution in [1.82, 2.24) is 10.2 Å². The second-order valence-corrected chi connectivity index (χ2v) is 4.10. The minimum Gasteiger partial charge on any atom is -0.277 e. The maximum atomic E-state index is 12.0. The Labute approximate surface area is 88.8 Å². The van der Waals surface area contributed by atoms with Crippen molar-refractivity contribution in [3.8, 4) is 0 Å². The summed E-state index contributed by atoms with van der Waals surface area (Å²) in [7, 11) is 1.39. The first-order valence-corrected chi connectivity index (χ1v) is 5.01. The van der Waals surface area contributed by atoms with Crippen LogP contribution in [0.3, 0.4) is 0 Å². The van der Waals surface area contributed by atoms with Crippen LogP contribution >= 0.6 is 0 Å². The molecule has 0 aromatic heterocycles. The molecule has 1 aliphatic rings. The van der Waals surface area contributed by atoms with Crippen molar-refractivity contribution in [2.45, 2.75) is 27.2 Å². The molecule has 4 amide bonds. The highest BCUT2D eigenvalue weighted by Crippen LogP contribution is 2.35. The number of carbonyl (C=O) groups is 3. The molecular weight excluding hydrogens is 196 g/mol. The molecule has 5 heteroatoms. The molecule has 1 unspecified atom stereocenters. The van der Waals surface area contributed by atoms with E-state index in [9.17, 15) is 14.4 Å². The van der Waals surface area contributed by atoms with Gasteiger partial charge in [-0.2, -0.15) is 0 Å². The van der Waals surface area contributed by atoms with E-state index in [0.29, 0.717) is 6.42 Å². The third kappa shape index (κ3) is 1.42. The van der Waals surface area contributed by atoms with E-state index < -0.39 is 23.3 Å². The quantitative estimate of drug-likeness (QED) is 0.687. The molecule has 84 valence electrons. The third-order valence-electron chi connectivity index (χ3n) is 3.16. The molecule has 1 fully saturated rings. The molecule has 0 aliphatic carbocycles. The van der Waals surface area contributed by atoms with Gasteiger partial charge in [-0.25, -0.2) is 4.79 Å². The number of nitrogens with one attached hydrogen (secondary N) is 1. The predicted molar refractivity (Wildman–Crippen MR) is 53.9 cm³/mol. The fourth-order valence-electron chi connectivity index (χ4n) is 2.01. The van der Waals surface area contributed by atoms with Gasteiger partial charge in [0.05, 0.1) is 0 Å². The number of amides is 4. The standard InChI is InChI=1S/C10H16N2O3/c1-5-10(6(2)3)7(13)11-9(15)12(4)8(10)14/h6H,5H2,1-4H3,(H,11,13,15). The van der Waals surface area contributed by atoms with Crippen LogP contribution in [0.25, 0.3) is 0 Å². The number of urea groups is 1. The van der Waals surface area contributed by atoms with Crippen LogP contribution in [0.4, 0.5) is 4.79 Å². The first-order chi connectivity index (χ1) is 6.87. The van der Waals surface area contributed by atoms with Gasteiger partial charge in [-0.1, -0.05) is 20.8 Å². The molecule has 1 saturated heterocycles. The Bertz CT molecular complexity index is 325. The van der Waals surface area contributed by atoms with E-state index in [1.807, 2.05) is 13.8 Å². The summed E-state index contributed by atoms with van der Waals surface area (Å²) in [4.78, 5) is 36.0. The van der Waals surface area contributed by atoms with Crippen molar-refractivity contribution in [1.29, 1.82) is 0 Å². The van der Waals surface area contributed by atoms with Crippen LogP contribution in [0.15, 0.2) is 0 Å². The maximum absolute atomic E-state index is 12.0. The Hall–Kier alpha value is -1.39. The average molecular weight is 212 g/mol. The Kier molecular flexibility index (Phi) is 2.83. The largest absolute Gasteiger partial charge is 0.330 e. The van der Waals surface area contributed by atoms with Gasteiger partial charge in [-0.05, 0) is 12.3 Å². The minimum atomic E-state index is -1.09. The third-order valence-corrected chi connectivity index (χ3v) is 3.16. The van der Waals surface area contributed by atoms with Gasteiger partial charge in [0.25, 0.3) is 0 Å². The number of hydrogen-bond donors (Lipinski definition) is 1. The Morgan fingerprint density at radius 1 is 1.33 bits per heavy atom. The zero-order valence-electron chi connectivity index (χ0n) is 9.46. The van der Waals surface area contributed by atoms with Crippen LogP contribution in [0, 0.1) is 11.3 Å². The van der Waals surface area contributed by atoms with Gasteiger partial charge >= 0.3 is 6.03 Å². The van der Waals surface area contributed by atoms with Crippen molar-refractivity contribution in [3.05, 3.63) is 0 Å². The van der Waals surface area contributed by atoms with E-state index in [0.717, 1.165) is 4.90 Å². The highest BCUT2D eigenvalue weighted by Gasteiger charge is 2.53. The smallest absolute Gasteiger partial charge is 0.277 e. The van der Waals surface area contributed by atoms with E-state index in [1.165, 1.54) is 7.05 Å². The summed E-state index contributed by atoms with van der Waals surface area (Å²) in [6.07, 6.45) is 0.396. The van der Waals surface area contributed by atoms with Crippen molar-refractivity contribution >= 4 is 17.8 Å². The highest BCUT2D eigenvalue weighted by atomic mass is 16.2. The number of carbonyl (C=O) groups excluding carboxylic acids is 3. The lowest BCUT2D eigenvalue weighted by atomic mass is 9.72. The Balaban J connectivity index is 3.21. The average Bonchev–Trinajstić information content (AvgIpc) is 2.15. The van der Waals surface area contributed by atoms with Crippen molar-refractivity contribution < 1.29 is 14.4 Å². The van der Waals surface area contributed by atoms with Crippen LogP contribution in [-0.4, -0.2) is 29.8 Å². The van der Waals surface area contributed by atoms with Gasteiger partial charge in [0.1, 0.15) is 5.41 Å². The molecule has 1 N–H and O–H groups in total. The second kappa shape index (κ2) is 3.64. The van der Waals surface area contributed by atoms with Crippen LogP contribution in [0.2, 0.25) is 0 Å². The molecular formula is C10H16N2O3. The van der Waals surface area contributed by atoms with E-state index in [1.54, 1.807) is 6.92 Å². The first-order valence-electron chi connectivity index (χ1n) is 5.01. The molecule has 0 spiro atoms. The number of rotatable bonds is 2. The van der Waals surface area contributed by atoms with Gasteiger partial charge < -0.3 is 0 Å². The summed E-state index contributed by atoms with van der Waals surface area (Å²) < 4.78 is 0. The molecule has 0 aromatic rings. The van der Waals surface area contributed by atoms with E-state index in [2.05, 4.69) is 5.32 Å². The van der Waals surface area contributed by atoms with Gasteiger partial charge in [0.15, 0.2) is 0 Å². The number of nitrogens with zero attached hydrogens (tertiary/aromatic N) is 1. The van der Waals surface area contributed by atoms with E-state index in [-0.39, 0.29) is 5.92 Å². The molecule has 1 atom stereocenters. The summed E-state index contributed by atoms with van der Waals surface area (Å²) in [5.41, 5.74) is -1.09. The molecule has 1 heterocycles. The molecule has 0 saturated carbocycles. The normalized spacial score (nSPS) is 27.3. The molecule has 15 heavy (non-hydrogen) atoms.